The highest BCUT2D eigenvalue weighted by Crippen LogP contribution is 2.34. The summed E-state index contributed by atoms with van der Waals surface area (Å²) in [4.78, 5) is 29.2. The number of urea groups is 1. The van der Waals surface area contributed by atoms with Crippen molar-refractivity contribution in [2.75, 3.05) is 34.0 Å². The number of hydrogen-bond acceptors (Lipinski definition) is 5. The highest BCUT2D eigenvalue weighted by atomic mass is 16.5. The number of methoxy groups -OCH3 is 2. The van der Waals surface area contributed by atoms with E-state index in [0.29, 0.717) is 12.6 Å². The topological polar surface area (TPSA) is 71.1 Å². The van der Waals surface area contributed by atoms with Gasteiger partial charge in [-0.2, -0.15) is 0 Å². The maximum atomic E-state index is 13.0. The molecule has 7 nitrogen and oxygen atoms in total. The molecule has 0 atom stereocenters. The fourth-order valence-electron chi connectivity index (χ4n) is 5.30. The number of imide groups is 1. The minimum Gasteiger partial charge on any atom is -0.497 e. The molecule has 0 aromatic heterocycles. The van der Waals surface area contributed by atoms with Crippen molar-refractivity contribution in [3.05, 3.63) is 23.8 Å². The maximum absolute atomic E-state index is 13.0. The first-order valence-corrected chi connectivity index (χ1v) is 11.6. The molecule has 4 rings (SSSR count). The summed E-state index contributed by atoms with van der Waals surface area (Å²) in [5.41, 5.74) is 0.613. The first-order valence-electron chi connectivity index (χ1n) is 11.6. The van der Waals surface area contributed by atoms with Crippen LogP contribution in [0.4, 0.5) is 4.79 Å². The number of piperidine rings is 1. The number of ether oxygens (including phenoxy) is 2. The quantitative estimate of drug-likeness (QED) is 0.671. The number of rotatable bonds is 7. The smallest absolute Gasteiger partial charge is 0.326 e. The molecule has 0 radical (unpaired) electrons. The summed E-state index contributed by atoms with van der Waals surface area (Å²) in [6.07, 6.45) is 9.06. The minimum absolute atomic E-state index is 0.00806. The first-order chi connectivity index (χ1) is 15.0. The van der Waals surface area contributed by atoms with Gasteiger partial charge in [0.2, 0.25) is 0 Å². The Hall–Kier alpha value is -2.28. The number of benzene rings is 1. The van der Waals surface area contributed by atoms with Gasteiger partial charge in [0, 0.05) is 19.2 Å². The van der Waals surface area contributed by atoms with Crippen LogP contribution in [0.5, 0.6) is 11.5 Å². The van der Waals surface area contributed by atoms with Crippen LogP contribution in [0.25, 0.3) is 0 Å². The second-order valence-electron chi connectivity index (χ2n) is 9.27. The molecule has 0 bridgehead atoms. The maximum Gasteiger partial charge on any atom is 0.326 e. The average molecular weight is 430 g/mol. The van der Waals surface area contributed by atoms with Crippen molar-refractivity contribution in [1.82, 2.24) is 15.1 Å². The zero-order valence-corrected chi connectivity index (χ0v) is 18.8. The van der Waals surface area contributed by atoms with E-state index in [4.69, 9.17) is 9.47 Å². The molecule has 1 N–H and O–H groups in total. The van der Waals surface area contributed by atoms with Crippen LogP contribution in [0, 0.1) is 5.92 Å². The molecule has 0 unspecified atom stereocenters. The summed E-state index contributed by atoms with van der Waals surface area (Å²) in [7, 11) is 3.35. The van der Waals surface area contributed by atoms with Gasteiger partial charge in [-0.25, -0.2) is 9.69 Å². The number of carbonyl (C=O) groups is 2. The van der Waals surface area contributed by atoms with Gasteiger partial charge in [-0.1, -0.05) is 19.3 Å². The van der Waals surface area contributed by atoms with E-state index < -0.39 is 5.54 Å². The zero-order chi connectivity index (χ0) is 21.8. The highest BCUT2D eigenvalue weighted by Gasteiger charge is 2.51. The molecular weight excluding hydrogens is 394 g/mol. The lowest BCUT2D eigenvalue weighted by molar-refractivity contribution is -0.134. The Morgan fingerprint density at radius 2 is 1.65 bits per heavy atom. The van der Waals surface area contributed by atoms with Crippen LogP contribution in [0.15, 0.2) is 18.2 Å². The van der Waals surface area contributed by atoms with Crippen LogP contribution < -0.4 is 14.8 Å². The summed E-state index contributed by atoms with van der Waals surface area (Å²) in [6.45, 7) is 2.28. The second-order valence-corrected chi connectivity index (χ2v) is 9.27. The molecule has 1 aromatic carbocycles. The summed E-state index contributed by atoms with van der Waals surface area (Å²) < 4.78 is 10.7. The first kappa shape index (κ1) is 21.9. The third-order valence-corrected chi connectivity index (χ3v) is 7.25. The second kappa shape index (κ2) is 9.47. The molecule has 1 saturated carbocycles. The molecule has 3 fully saturated rings. The van der Waals surface area contributed by atoms with Gasteiger partial charge < -0.3 is 14.8 Å². The molecule has 7 heteroatoms. The summed E-state index contributed by atoms with van der Waals surface area (Å²) in [6, 6.07) is 5.85. The van der Waals surface area contributed by atoms with Crippen molar-refractivity contribution >= 4 is 11.9 Å². The van der Waals surface area contributed by atoms with Crippen LogP contribution in [-0.4, -0.2) is 61.3 Å². The van der Waals surface area contributed by atoms with Gasteiger partial charge in [-0.05, 0) is 62.1 Å². The van der Waals surface area contributed by atoms with E-state index in [0.717, 1.165) is 82.4 Å². The molecule has 2 aliphatic heterocycles. The lowest BCUT2D eigenvalue weighted by Gasteiger charge is -2.34. The fourth-order valence-corrected chi connectivity index (χ4v) is 5.30. The molecule has 2 heterocycles. The van der Waals surface area contributed by atoms with E-state index >= 15 is 0 Å². The third-order valence-electron chi connectivity index (χ3n) is 7.25. The lowest BCUT2D eigenvalue weighted by atomic mass is 9.82. The predicted molar refractivity (Wildman–Crippen MR) is 118 cm³/mol. The molecule has 170 valence electrons. The number of nitrogens with one attached hydrogen (secondary N) is 1. The molecule has 1 aromatic rings. The number of aryl methyl sites for hydroxylation is 1. The van der Waals surface area contributed by atoms with Crippen LogP contribution >= 0.6 is 0 Å². The monoisotopic (exact) mass is 429 g/mol. The van der Waals surface area contributed by atoms with Gasteiger partial charge in [-0.3, -0.25) is 9.69 Å². The lowest BCUT2D eigenvalue weighted by Crippen LogP contribution is -2.49. The number of nitrogens with zero attached hydrogens (tertiary/aromatic N) is 2. The van der Waals surface area contributed by atoms with Gasteiger partial charge in [0.25, 0.3) is 5.91 Å². The van der Waals surface area contributed by atoms with Gasteiger partial charge in [-0.15, -0.1) is 0 Å². The molecule has 1 aliphatic carbocycles. The molecule has 1 spiro atoms. The van der Waals surface area contributed by atoms with E-state index in [9.17, 15) is 9.59 Å². The number of hydrogen-bond donors (Lipinski definition) is 1. The summed E-state index contributed by atoms with van der Waals surface area (Å²) in [5.74, 6) is 2.30. The van der Waals surface area contributed by atoms with E-state index in [2.05, 4.69) is 22.3 Å². The third kappa shape index (κ3) is 4.81. The zero-order valence-electron chi connectivity index (χ0n) is 18.8. The molecule has 31 heavy (non-hydrogen) atoms. The fraction of sp³-hybridized carbons (Fsp3) is 0.667. The Balaban J connectivity index is 1.26. The van der Waals surface area contributed by atoms with Crippen LogP contribution in [0.3, 0.4) is 0 Å². The van der Waals surface area contributed by atoms with Gasteiger partial charge in [0.1, 0.15) is 17.0 Å². The number of likely N-dealkylation sites (tertiary alicyclic amines) is 1. The van der Waals surface area contributed by atoms with Crippen LogP contribution in [0.2, 0.25) is 0 Å². The van der Waals surface area contributed by atoms with Crippen molar-refractivity contribution in [2.24, 2.45) is 5.92 Å². The van der Waals surface area contributed by atoms with Gasteiger partial charge in [0.15, 0.2) is 0 Å². The van der Waals surface area contributed by atoms with Crippen molar-refractivity contribution in [3.63, 3.8) is 0 Å². The Morgan fingerprint density at radius 1 is 1.00 bits per heavy atom. The molecular formula is C24H35N3O4. The summed E-state index contributed by atoms with van der Waals surface area (Å²) in [5, 5.41) is 3.01. The number of amides is 3. The molecule has 2 saturated heterocycles. The van der Waals surface area contributed by atoms with E-state index in [1.807, 2.05) is 6.07 Å². The van der Waals surface area contributed by atoms with E-state index in [-0.39, 0.29) is 11.9 Å². The van der Waals surface area contributed by atoms with Gasteiger partial charge >= 0.3 is 6.03 Å². The highest BCUT2D eigenvalue weighted by molar-refractivity contribution is 6.07. The molecule has 3 aliphatic rings. The Labute approximate surface area is 185 Å². The Morgan fingerprint density at radius 3 is 2.26 bits per heavy atom. The van der Waals surface area contributed by atoms with Crippen molar-refractivity contribution in [3.8, 4) is 11.5 Å². The van der Waals surface area contributed by atoms with Crippen LogP contribution in [-0.2, 0) is 11.2 Å². The minimum atomic E-state index is -0.620. The largest absolute Gasteiger partial charge is 0.497 e. The summed E-state index contributed by atoms with van der Waals surface area (Å²) >= 11 is 0. The Bertz CT molecular complexity index is 776. The standard InChI is InChI=1S/C24H35N3O4/c1-30-20-14-19(15-21(16-20)31-2)7-6-18-8-12-26(13-9-18)17-27-22(28)24(25-23(27)29)10-4-3-5-11-24/h14-16,18H,3-13,17H2,1-2H3,(H,25,29). The van der Waals surface area contributed by atoms with Crippen LogP contribution in [0.1, 0.15) is 56.9 Å². The SMILES string of the molecule is COc1cc(CCC2CCN(CN3C(=O)NC4(CCCCC4)C3=O)CC2)cc(OC)c1. The molecule has 3 amide bonds. The number of carbonyl (C=O) groups excluding carboxylic acids is 2. The van der Waals surface area contributed by atoms with Crippen molar-refractivity contribution in [1.29, 1.82) is 0 Å². The van der Waals surface area contributed by atoms with Crippen molar-refractivity contribution < 1.29 is 19.1 Å². The van der Waals surface area contributed by atoms with E-state index in [1.54, 1.807) is 14.2 Å². The normalized spacial score (nSPS) is 22.1. The average Bonchev–Trinajstić information content (AvgIpc) is 3.02. The predicted octanol–water partition coefficient (Wildman–Crippen LogP) is 3.56. The van der Waals surface area contributed by atoms with E-state index in [1.165, 1.54) is 10.5 Å². The Kier molecular flexibility index (Phi) is 6.70. The van der Waals surface area contributed by atoms with Crippen molar-refractivity contribution in [2.45, 2.75) is 63.3 Å². The van der Waals surface area contributed by atoms with Gasteiger partial charge in [0.05, 0.1) is 20.9 Å².